The molecule has 3 unspecified atom stereocenters. The molecule has 4 amide bonds. The third-order valence-corrected chi connectivity index (χ3v) is 9.26. The Bertz CT molecular complexity index is 1580. The molecule has 5 rings (SSSR count). The van der Waals surface area contributed by atoms with E-state index >= 15 is 0 Å². The van der Waals surface area contributed by atoms with Crippen molar-refractivity contribution < 1.29 is 28.7 Å². The fourth-order valence-electron chi connectivity index (χ4n) is 6.70. The molecule has 0 spiro atoms. The molecule has 2 fully saturated rings. The van der Waals surface area contributed by atoms with Gasteiger partial charge in [-0.2, -0.15) is 0 Å². The number of nitrogens with one attached hydrogen (secondary N) is 2. The van der Waals surface area contributed by atoms with Gasteiger partial charge in [0.2, 0.25) is 17.7 Å². The van der Waals surface area contributed by atoms with Gasteiger partial charge in [0.25, 0.3) is 5.91 Å². The summed E-state index contributed by atoms with van der Waals surface area (Å²) in [5.74, 6) is -0.497. The largest absolute Gasteiger partial charge is 0.493 e. The number of piperidine rings is 1. The molecule has 0 radical (unpaired) electrons. The monoisotopic (exact) mass is 699 g/mol. The normalized spacial score (nSPS) is 17.9. The maximum Gasteiger partial charge on any atom is 0.254 e. The first-order valence-electron chi connectivity index (χ1n) is 18.0. The summed E-state index contributed by atoms with van der Waals surface area (Å²) in [6.07, 6.45) is 5.82. The summed E-state index contributed by atoms with van der Waals surface area (Å²) in [6.45, 7) is 7.42. The lowest BCUT2D eigenvalue weighted by Crippen LogP contribution is -2.53. The molecule has 0 saturated carbocycles. The van der Waals surface area contributed by atoms with E-state index in [1.807, 2.05) is 32.0 Å². The summed E-state index contributed by atoms with van der Waals surface area (Å²) in [6, 6.07) is 21.4. The first kappa shape index (κ1) is 38.9. The minimum absolute atomic E-state index is 0.0243. The van der Waals surface area contributed by atoms with Gasteiger partial charge in [0.1, 0.15) is 0 Å². The second-order valence-corrected chi connectivity index (χ2v) is 13.4. The van der Waals surface area contributed by atoms with Crippen LogP contribution in [0.4, 0.5) is 0 Å². The third-order valence-electron chi connectivity index (χ3n) is 9.26. The van der Waals surface area contributed by atoms with Gasteiger partial charge in [-0.15, -0.1) is 0 Å². The number of likely N-dealkylation sites (tertiary alicyclic amines) is 2. The maximum absolute atomic E-state index is 13.6. The number of rotatable bonds is 13. The van der Waals surface area contributed by atoms with Crippen molar-refractivity contribution >= 4 is 23.6 Å². The predicted molar refractivity (Wildman–Crippen MR) is 196 cm³/mol. The molecule has 11 nitrogen and oxygen atoms in total. The number of amides is 4. The van der Waals surface area contributed by atoms with Crippen molar-refractivity contribution in [1.29, 1.82) is 0 Å². The smallest absolute Gasteiger partial charge is 0.254 e. The van der Waals surface area contributed by atoms with Crippen molar-refractivity contribution in [2.45, 2.75) is 59.0 Å². The summed E-state index contributed by atoms with van der Waals surface area (Å²) in [5, 5.41) is 5.22. The van der Waals surface area contributed by atoms with Crippen LogP contribution < -0.4 is 20.1 Å². The third kappa shape index (κ3) is 11.3. The molecule has 3 atom stereocenters. The van der Waals surface area contributed by atoms with E-state index in [1.54, 1.807) is 34.2 Å². The van der Waals surface area contributed by atoms with Crippen molar-refractivity contribution in [3.8, 4) is 11.5 Å². The van der Waals surface area contributed by atoms with Gasteiger partial charge < -0.3 is 29.9 Å². The first-order chi connectivity index (χ1) is 24.6. The summed E-state index contributed by atoms with van der Waals surface area (Å²) in [7, 11) is 3.04. The molecule has 2 N–H and O–H groups in total. The number of methoxy groups -OCH3 is 1. The van der Waals surface area contributed by atoms with Gasteiger partial charge >= 0.3 is 0 Å². The molecule has 3 heterocycles. The lowest BCUT2D eigenvalue weighted by Gasteiger charge is -2.39. The number of aryl methyl sites for hydroxylation is 2. The zero-order valence-electron chi connectivity index (χ0n) is 30.6. The van der Waals surface area contributed by atoms with Crippen LogP contribution in [0.15, 0.2) is 72.9 Å². The molecule has 1 aromatic heterocycles. The van der Waals surface area contributed by atoms with E-state index in [-0.39, 0.29) is 54.7 Å². The van der Waals surface area contributed by atoms with Crippen LogP contribution in [0.2, 0.25) is 0 Å². The van der Waals surface area contributed by atoms with Gasteiger partial charge in [0.05, 0.1) is 25.7 Å². The first-order valence-corrected chi connectivity index (χ1v) is 18.0. The Kier molecular flexibility index (Phi) is 14.8. The highest BCUT2D eigenvalue weighted by Crippen LogP contribution is 2.37. The topological polar surface area (TPSA) is 130 Å². The number of ether oxygens (including phenoxy) is 2. The fourth-order valence-corrected chi connectivity index (χ4v) is 6.70. The number of likely N-dealkylation sites (N-methyl/N-ethyl adjacent to an activating group) is 1. The van der Waals surface area contributed by atoms with Crippen molar-refractivity contribution in [3.63, 3.8) is 0 Å². The molecule has 2 aliphatic rings. The quantitative estimate of drug-likeness (QED) is 0.268. The van der Waals surface area contributed by atoms with Crippen LogP contribution in [0.25, 0.3) is 0 Å². The highest BCUT2D eigenvalue weighted by molar-refractivity contribution is 5.95. The minimum Gasteiger partial charge on any atom is -0.493 e. The van der Waals surface area contributed by atoms with E-state index in [0.29, 0.717) is 56.0 Å². The molecular weight excluding hydrogens is 646 g/mol. The molecule has 0 aliphatic carbocycles. The number of carbonyl (C=O) groups excluding carboxylic acids is 4. The average Bonchev–Trinajstić information content (AvgIpc) is 3.58. The zero-order chi connectivity index (χ0) is 36.8. The Labute approximate surface area is 302 Å². The predicted octanol–water partition coefficient (Wildman–Crippen LogP) is 4.55. The fraction of sp³-hybridized carbons (Fsp3) is 0.475. The molecule has 0 bridgehead atoms. The standard InChI is InChI=1S/C31H41N5O6.C9H12/c1-20(2)42-26-12-11-21(14-27(26)41-4)31(40)36-17-22-16-35(29(38)10-7-9-23-8-5-6-13-33-23)19-25(24(22)18-36)30(39)34-15-28(37)32-3;1-2-6-9-7-4-3-5-8-9/h5-6,8,11-14,20,22,24-25H,7,9-10,15-19H2,1-4H3,(H,32,37)(H,34,39);3-5,7-8H,2,6H2,1H3. The highest BCUT2D eigenvalue weighted by atomic mass is 16.5. The Balaban J connectivity index is 0.000000563. The number of nitrogens with zero attached hydrogens (tertiary/aromatic N) is 3. The van der Waals surface area contributed by atoms with Crippen LogP contribution in [0.1, 0.15) is 61.6 Å². The van der Waals surface area contributed by atoms with E-state index in [0.717, 1.165) is 5.69 Å². The van der Waals surface area contributed by atoms with Crippen LogP contribution in [-0.2, 0) is 27.2 Å². The van der Waals surface area contributed by atoms with E-state index in [1.165, 1.54) is 32.6 Å². The summed E-state index contributed by atoms with van der Waals surface area (Å²) in [4.78, 5) is 59.8. The second kappa shape index (κ2) is 19.5. The average molecular weight is 700 g/mol. The van der Waals surface area contributed by atoms with E-state index in [9.17, 15) is 19.2 Å². The summed E-state index contributed by atoms with van der Waals surface area (Å²) >= 11 is 0. The van der Waals surface area contributed by atoms with Crippen molar-refractivity contribution in [3.05, 3.63) is 89.7 Å². The lowest BCUT2D eigenvalue weighted by molar-refractivity contribution is -0.139. The molecule has 51 heavy (non-hydrogen) atoms. The zero-order valence-corrected chi connectivity index (χ0v) is 30.6. The molecular formula is C40H53N5O6. The summed E-state index contributed by atoms with van der Waals surface area (Å²) in [5.41, 5.74) is 2.84. The Morgan fingerprint density at radius 1 is 0.902 bits per heavy atom. The van der Waals surface area contributed by atoms with Crippen LogP contribution in [0, 0.1) is 17.8 Å². The second-order valence-electron chi connectivity index (χ2n) is 13.4. The van der Waals surface area contributed by atoms with Crippen molar-refractivity contribution in [2.24, 2.45) is 17.8 Å². The Morgan fingerprint density at radius 2 is 1.65 bits per heavy atom. The molecule has 2 saturated heterocycles. The van der Waals surface area contributed by atoms with Gasteiger partial charge in [-0.25, -0.2) is 0 Å². The van der Waals surface area contributed by atoms with Gasteiger partial charge in [-0.05, 0) is 80.8 Å². The molecule has 2 aliphatic heterocycles. The van der Waals surface area contributed by atoms with Crippen LogP contribution >= 0.6 is 0 Å². The SMILES string of the molecule is CCCc1ccccc1.CNC(=O)CNC(=O)C1CN(C(=O)CCCc2ccccn2)CC2CN(C(=O)c3ccc(OC(C)C)c(OC)c3)CC21. The van der Waals surface area contributed by atoms with Gasteiger partial charge in [0.15, 0.2) is 11.5 Å². The Hall–Kier alpha value is -4.93. The van der Waals surface area contributed by atoms with Crippen LogP contribution in [0.5, 0.6) is 11.5 Å². The van der Waals surface area contributed by atoms with E-state index < -0.39 is 5.92 Å². The number of hydrogen-bond acceptors (Lipinski definition) is 7. The van der Waals surface area contributed by atoms with Crippen molar-refractivity contribution in [1.82, 2.24) is 25.4 Å². The van der Waals surface area contributed by atoms with E-state index in [2.05, 4.69) is 52.9 Å². The number of benzene rings is 2. The molecule has 3 aromatic rings. The number of carbonyl (C=O) groups is 4. The number of fused-ring (bicyclic) bond motifs is 1. The number of aromatic nitrogens is 1. The van der Waals surface area contributed by atoms with Gasteiger partial charge in [-0.3, -0.25) is 24.2 Å². The maximum atomic E-state index is 13.6. The van der Waals surface area contributed by atoms with Crippen molar-refractivity contribution in [2.75, 3.05) is 46.9 Å². The summed E-state index contributed by atoms with van der Waals surface area (Å²) < 4.78 is 11.3. The van der Waals surface area contributed by atoms with Gasteiger partial charge in [-0.1, -0.05) is 49.7 Å². The van der Waals surface area contributed by atoms with E-state index in [4.69, 9.17) is 9.47 Å². The van der Waals surface area contributed by atoms with Crippen LogP contribution in [-0.4, -0.2) is 91.4 Å². The van der Waals surface area contributed by atoms with Gasteiger partial charge in [0, 0.05) is 57.1 Å². The number of hydrogen-bond donors (Lipinski definition) is 2. The van der Waals surface area contributed by atoms with Crippen LogP contribution in [0.3, 0.4) is 0 Å². The highest BCUT2D eigenvalue weighted by Gasteiger charge is 2.47. The number of pyridine rings is 1. The lowest BCUT2D eigenvalue weighted by atomic mass is 9.79. The molecule has 2 aromatic carbocycles. The Morgan fingerprint density at radius 3 is 2.31 bits per heavy atom. The molecule has 274 valence electrons. The minimum atomic E-state index is -0.540. The molecule has 11 heteroatoms.